The van der Waals surface area contributed by atoms with Crippen LogP contribution in [0, 0.1) is 0 Å². The Morgan fingerprint density at radius 2 is 0.889 bits per heavy atom. The molecule has 0 amide bonds. The highest BCUT2D eigenvalue weighted by Crippen LogP contribution is 2.24. The van der Waals surface area contributed by atoms with Gasteiger partial charge in [-0.1, -0.05) is 46.4 Å². The number of hydrogen-bond acceptors (Lipinski definition) is 1. The molecule has 0 atom stereocenters. The molecule has 0 radical (unpaired) electrons. The Bertz CT molecular complexity index is 528. The van der Waals surface area contributed by atoms with Gasteiger partial charge in [0.05, 0.1) is 0 Å². The van der Waals surface area contributed by atoms with Crippen molar-refractivity contribution in [1.29, 1.82) is 0 Å². The summed E-state index contributed by atoms with van der Waals surface area (Å²) in [5, 5.41) is 1.61. The summed E-state index contributed by atoms with van der Waals surface area (Å²) in [6.45, 7) is 0. The van der Waals surface area contributed by atoms with Crippen molar-refractivity contribution in [2.24, 2.45) is 0 Å². The van der Waals surface area contributed by atoms with Gasteiger partial charge < -0.3 is 0 Å². The number of carbonyl (C=O) groups is 1. The Morgan fingerprint density at radius 3 is 1.17 bits per heavy atom. The van der Waals surface area contributed by atoms with Crippen LogP contribution in [-0.2, 0) is 0 Å². The van der Waals surface area contributed by atoms with Gasteiger partial charge in [0.2, 0.25) is 0 Å². The molecule has 0 N–H and O–H groups in total. The van der Waals surface area contributed by atoms with Gasteiger partial charge in [0.1, 0.15) is 0 Å². The van der Waals surface area contributed by atoms with Gasteiger partial charge in [-0.15, -0.1) is 0 Å². The minimum atomic E-state index is -0.233. The topological polar surface area (TPSA) is 17.1 Å². The monoisotopic (exact) mass is 318 g/mol. The normalized spacial score (nSPS) is 10.4. The fourth-order valence-electron chi connectivity index (χ4n) is 1.54. The third kappa shape index (κ3) is 3.18. The molecule has 2 aromatic carbocycles. The van der Waals surface area contributed by atoms with Crippen LogP contribution in [0.3, 0.4) is 0 Å². The van der Waals surface area contributed by atoms with Crippen LogP contribution in [0.15, 0.2) is 36.4 Å². The van der Waals surface area contributed by atoms with E-state index < -0.39 is 0 Å². The third-order valence-electron chi connectivity index (χ3n) is 2.25. The van der Waals surface area contributed by atoms with Crippen LogP contribution < -0.4 is 0 Å². The van der Waals surface area contributed by atoms with Crippen LogP contribution in [0.2, 0.25) is 20.1 Å². The number of carbonyl (C=O) groups excluding carboxylic acids is 1. The van der Waals surface area contributed by atoms with Gasteiger partial charge >= 0.3 is 0 Å². The zero-order valence-electron chi connectivity index (χ0n) is 8.88. The lowest BCUT2D eigenvalue weighted by Crippen LogP contribution is -2.01. The van der Waals surface area contributed by atoms with Crippen LogP contribution in [0.4, 0.5) is 0 Å². The first-order valence-electron chi connectivity index (χ1n) is 4.92. The summed E-state index contributed by atoms with van der Waals surface area (Å²) in [4.78, 5) is 12.2. The van der Waals surface area contributed by atoms with Crippen LogP contribution in [0.5, 0.6) is 0 Å². The maximum absolute atomic E-state index is 12.2. The molecule has 1 nitrogen and oxygen atoms in total. The highest BCUT2D eigenvalue weighted by molar-refractivity contribution is 6.36. The summed E-state index contributed by atoms with van der Waals surface area (Å²) < 4.78 is 0. The molecule has 0 fully saturated rings. The SMILES string of the molecule is O=C(c1cc(Cl)cc(Cl)c1)c1cc(Cl)cc(Cl)c1. The van der Waals surface area contributed by atoms with Gasteiger partial charge in [-0.3, -0.25) is 4.79 Å². The van der Waals surface area contributed by atoms with E-state index in [1.807, 2.05) is 0 Å². The molecular weight excluding hydrogens is 314 g/mol. The zero-order chi connectivity index (χ0) is 13.3. The lowest BCUT2D eigenvalue weighted by Gasteiger charge is -2.04. The smallest absolute Gasteiger partial charge is 0.193 e. The second kappa shape index (κ2) is 5.50. The lowest BCUT2D eigenvalue weighted by molar-refractivity contribution is 0.103. The van der Waals surface area contributed by atoms with Crippen LogP contribution in [0.25, 0.3) is 0 Å². The number of halogens is 4. The van der Waals surface area contributed by atoms with Crippen molar-refractivity contribution in [2.75, 3.05) is 0 Å². The van der Waals surface area contributed by atoms with Gasteiger partial charge in [-0.2, -0.15) is 0 Å². The predicted octanol–water partition coefficient (Wildman–Crippen LogP) is 5.53. The standard InChI is InChI=1S/C13H6Cl4O/c14-9-1-7(2-10(15)5-9)13(18)8-3-11(16)6-12(17)4-8/h1-6H. The Morgan fingerprint density at radius 1 is 0.611 bits per heavy atom. The fourth-order valence-corrected chi connectivity index (χ4v) is 2.59. The molecule has 0 aliphatic carbocycles. The molecule has 0 aliphatic rings. The summed E-state index contributed by atoms with van der Waals surface area (Å²) in [6.07, 6.45) is 0. The van der Waals surface area contributed by atoms with Crippen molar-refractivity contribution in [3.8, 4) is 0 Å². The molecule has 0 saturated heterocycles. The number of benzene rings is 2. The average Bonchev–Trinajstić information content (AvgIpc) is 2.25. The molecule has 0 heterocycles. The van der Waals surface area contributed by atoms with Crippen molar-refractivity contribution in [3.63, 3.8) is 0 Å². The Labute approximate surface area is 124 Å². The Hall–Kier alpha value is -0.730. The number of ketones is 1. The summed E-state index contributed by atoms with van der Waals surface area (Å²) in [5.74, 6) is -0.233. The van der Waals surface area contributed by atoms with E-state index in [1.54, 1.807) is 36.4 Å². The predicted molar refractivity (Wildman–Crippen MR) is 76.4 cm³/mol. The highest BCUT2D eigenvalue weighted by atomic mass is 35.5. The van der Waals surface area contributed by atoms with Crippen molar-refractivity contribution in [1.82, 2.24) is 0 Å². The summed E-state index contributed by atoms with van der Waals surface area (Å²) >= 11 is 23.4. The average molecular weight is 320 g/mol. The van der Waals surface area contributed by atoms with E-state index >= 15 is 0 Å². The number of hydrogen-bond donors (Lipinski definition) is 0. The first-order chi connectivity index (χ1) is 8.45. The fraction of sp³-hybridized carbons (Fsp3) is 0. The van der Waals surface area contributed by atoms with E-state index in [1.165, 1.54) is 0 Å². The molecular formula is C13H6Cl4O. The molecule has 0 spiro atoms. The van der Waals surface area contributed by atoms with Gasteiger partial charge in [-0.25, -0.2) is 0 Å². The maximum atomic E-state index is 12.2. The van der Waals surface area contributed by atoms with Gasteiger partial charge in [0.15, 0.2) is 5.78 Å². The van der Waals surface area contributed by atoms with Crippen molar-refractivity contribution in [3.05, 3.63) is 67.6 Å². The second-order valence-electron chi connectivity index (χ2n) is 3.65. The van der Waals surface area contributed by atoms with Crippen molar-refractivity contribution >= 4 is 52.2 Å². The van der Waals surface area contributed by atoms with Gasteiger partial charge in [-0.05, 0) is 36.4 Å². The highest BCUT2D eigenvalue weighted by Gasteiger charge is 2.12. The number of rotatable bonds is 2. The third-order valence-corrected chi connectivity index (χ3v) is 3.12. The van der Waals surface area contributed by atoms with E-state index in [4.69, 9.17) is 46.4 Å². The quantitative estimate of drug-likeness (QED) is 0.665. The summed E-state index contributed by atoms with van der Waals surface area (Å²) in [7, 11) is 0. The molecule has 0 bridgehead atoms. The molecule has 2 rings (SSSR count). The molecule has 92 valence electrons. The summed E-state index contributed by atoms with van der Waals surface area (Å²) in [6, 6.07) is 9.31. The van der Waals surface area contributed by atoms with Crippen LogP contribution >= 0.6 is 46.4 Å². The molecule has 0 aliphatic heterocycles. The minimum Gasteiger partial charge on any atom is -0.289 e. The van der Waals surface area contributed by atoms with E-state index in [9.17, 15) is 4.79 Å². The minimum absolute atomic E-state index is 0.233. The molecule has 18 heavy (non-hydrogen) atoms. The first-order valence-corrected chi connectivity index (χ1v) is 6.44. The summed E-state index contributed by atoms with van der Waals surface area (Å²) in [5.41, 5.74) is 0.789. The molecule has 0 unspecified atom stereocenters. The van der Waals surface area contributed by atoms with E-state index in [-0.39, 0.29) is 5.78 Å². The van der Waals surface area contributed by atoms with Gasteiger partial charge in [0.25, 0.3) is 0 Å². The van der Waals surface area contributed by atoms with E-state index in [0.717, 1.165) is 0 Å². The maximum Gasteiger partial charge on any atom is 0.193 e. The molecule has 0 saturated carbocycles. The molecule has 0 aromatic heterocycles. The van der Waals surface area contributed by atoms with Crippen LogP contribution in [0.1, 0.15) is 15.9 Å². The molecule has 5 heteroatoms. The largest absolute Gasteiger partial charge is 0.289 e. The Kier molecular flexibility index (Phi) is 4.18. The lowest BCUT2D eigenvalue weighted by atomic mass is 10.0. The van der Waals surface area contributed by atoms with Crippen molar-refractivity contribution in [2.45, 2.75) is 0 Å². The van der Waals surface area contributed by atoms with Gasteiger partial charge in [0, 0.05) is 31.2 Å². The van der Waals surface area contributed by atoms with E-state index in [0.29, 0.717) is 31.2 Å². The molecule has 2 aromatic rings. The zero-order valence-corrected chi connectivity index (χ0v) is 11.9. The second-order valence-corrected chi connectivity index (χ2v) is 5.39. The van der Waals surface area contributed by atoms with E-state index in [2.05, 4.69) is 0 Å². The Balaban J connectivity index is 2.47. The van der Waals surface area contributed by atoms with Crippen LogP contribution in [-0.4, -0.2) is 5.78 Å². The van der Waals surface area contributed by atoms with Crippen molar-refractivity contribution < 1.29 is 4.79 Å². The first kappa shape index (κ1) is 13.7.